The topological polar surface area (TPSA) is 96.2 Å². The molecule has 0 unspecified atom stereocenters. The highest BCUT2D eigenvalue weighted by molar-refractivity contribution is 5.87. The molecule has 0 bridgehead atoms. The molecule has 0 aliphatic carbocycles. The van der Waals surface area contributed by atoms with Gasteiger partial charge in [0.05, 0.1) is 10.5 Å². The molecular formula is C13H12N2O4. The fourth-order valence-electron chi connectivity index (χ4n) is 2.12. The lowest BCUT2D eigenvalue weighted by atomic mass is 9.99. The number of aromatic amines is 1. The van der Waals surface area contributed by atoms with Crippen molar-refractivity contribution in [1.82, 2.24) is 4.98 Å². The highest BCUT2D eigenvalue weighted by atomic mass is 16.6. The summed E-state index contributed by atoms with van der Waals surface area (Å²) in [5, 5.41) is 20.5. The minimum absolute atomic E-state index is 0.0933. The van der Waals surface area contributed by atoms with Gasteiger partial charge in [0, 0.05) is 23.5 Å². The Labute approximate surface area is 108 Å². The Hall–Kier alpha value is -2.63. The van der Waals surface area contributed by atoms with Gasteiger partial charge < -0.3 is 10.1 Å². The molecule has 1 aromatic carbocycles. The van der Waals surface area contributed by atoms with E-state index >= 15 is 0 Å². The molecule has 0 atom stereocenters. The van der Waals surface area contributed by atoms with Crippen LogP contribution in [0.15, 0.2) is 18.3 Å². The zero-order valence-electron chi connectivity index (χ0n) is 10.4. The number of rotatable bonds is 3. The predicted octanol–water partition coefficient (Wildman–Crippen LogP) is 2.72. The first kappa shape index (κ1) is 12.8. The molecule has 0 aliphatic rings. The number of nitro groups is 1. The number of aromatic nitrogens is 1. The Balaban J connectivity index is 2.75. The molecule has 98 valence electrons. The number of aromatic hydroxyl groups is 1. The summed E-state index contributed by atoms with van der Waals surface area (Å²) < 4.78 is 0. The van der Waals surface area contributed by atoms with Crippen LogP contribution in [0.25, 0.3) is 11.1 Å². The molecule has 6 nitrogen and oxygen atoms in total. The van der Waals surface area contributed by atoms with Crippen LogP contribution in [0.2, 0.25) is 0 Å². The molecule has 0 saturated heterocycles. The molecular weight excluding hydrogens is 248 g/mol. The molecule has 6 heteroatoms. The number of aldehydes is 1. The van der Waals surface area contributed by atoms with Gasteiger partial charge in [-0.15, -0.1) is 0 Å². The summed E-state index contributed by atoms with van der Waals surface area (Å²) in [6.07, 6.45) is 2.19. The highest BCUT2D eigenvalue weighted by Crippen LogP contribution is 2.36. The number of hydrogen-bond acceptors (Lipinski definition) is 4. The Morgan fingerprint density at radius 2 is 2.05 bits per heavy atom. The fourth-order valence-corrected chi connectivity index (χ4v) is 2.12. The van der Waals surface area contributed by atoms with Gasteiger partial charge in [0.2, 0.25) is 5.75 Å². The summed E-state index contributed by atoms with van der Waals surface area (Å²) in [7, 11) is 0. The third-order valence-electron chi connectivity index (χ3n) is 3.01. The van der Waals surface area contributed by atoms with Gasteiger partial charge in [0.15, 0.2) is 6.29 Å². The number of phenols is 1. The van der Waals surface area contributed by atoms with Crippen LogP contribution in [-0.4, -0.2) is 21.3 Å². The largest absolute Gasteiger partial charge is 0.502 e. The molecule has 2 rings (SSSR count). The van der Waals surface area contributed by atoms with E-state index in [2.05, 4.69) is 4.98 Å². The van der Waals surface area contributed by atoms with Gasteiger partial charge in [0.1, 0.15) is 0 Å². The molecule has 0 fully saturated rings. The molecule has 0 saturated carbocycles. The molecule has 1 aromatic heterocycles. The average molecular weight is 260 g/mol. The van der Waals surface area contributed by atoms with Crippen molar-refractivity contribution in [2.24, 2.45) is 0 Å². The van der Waals surface area contributed by atoms with Gasteiger partial charge in [-0.3, -0.25) is 14.9 Å². The van der Waals surface area contributed by atoms with Crippen LogP contribution < -0.4 is 0 Å². The standard InChI is InChI=1S/C13H12N2O4/c1-7-5-14-8(2)12(7)9-3-10(6-16)13(17)11(4-9)15(18)19/h3-6,14,17H,1-2H3. The Kier molecular flexibility index (Phi) is 3.08. The maximum atomic E-state index is 10.9. The molecule has 1 heterocycles. The number of benzene rings is 1. The van der Waals surface area contributed by atoms with Gasteiger partial charge in [-0.1, -0.05) is 0 Å². The van der Waals surface area contributed by atoms with E-state index in [0.29, 0.717) is 11.8 Å². The van der Waals surface area contributed by atoms with Gasteiger partial charge >= 0.3 is 5.69 Å². The summed E-state index contributed by atoms with van der Waals surface area (Å²) in [6.45, 7) is 3.69. The van der Waals surface area contributed by atoms with Crippen molar-refractivity contribution in [3.8, 4) is 16.9 Å². The lowest BCUT2D eigenvalue weighted by Crippen LogP contribution is -1.94. The van der Waals surface area contributed by atoms with Gasteiger partial charge in [-0.2, -0.15) is 0 Å². The smallest absolute Gasteiger partial charge is 0.312 e. The Morgan fingerprint density at radius 1 is 1.37 bits per heavy atom. The van der Waals surface area contributed by atoms with E-state index in [4.69, 9.17) is 0 Å². The first-order valence-electron chi connectivity index (χ1n) is 5.57. The van der Waals surface area contributed by atoms with E-state index in [9.17, 15) is 20.0 Å². The molecule has 0 amide bonds. The minimum atomic E-state index is -0.705. The molecule has 19 heavy (non-hydrogen) atoms. The van der Waals surface area contributed by atoms with Crippen molar-refractivity contribution >= 4 is 12.0 Å². The van der Waals surface area contributed by atoms with Crippen LogP contribution in [0.5, 0.6) is 5.75 Å². The van der Waals surface area contributed by atoms with Crippen molar-refractivity contribution in [1.29, 1.82) is 0 Å². The van der Waals surface area contributed by atoms with Crippen molar-refractivity contribution in [3.63, 3.8) is 0 Å². The number of nitrogens with one attached hydrogen (secondary N) is 1. The van der Waals surface area contributed by atoms with Gasteiger partial charge in [0.25, 0.3) is 0 Å². The lowest BCUT2D eigenvalue weighted by Gasteiger charge is -2.06. The number of aryl methyl sites for hydroxylation is 2. The summed E-state index contributed by atoms with van der Waals surface area (Å²) in [6, 6.07) is 2.71. The van der Waals surface area contributed by atoms with E-state index in [1.54, 1.807) is 6.20 Å². The summed E-state index contributed by atoms with van der Waals surface area (Å²) in [5.41, 5.74) is 2.52. The summed E-state index contributed by atoms with van der Waals surface area (Å²) in [5.74, 6) is -0.602. The number of carbonyl (C=O) groups excluding carboxylic acids is 1. The first-order chi connectivity index (χ1) is 8.95. The van der Waals surface area contributed by atoms with E-state index in [1.807, 2.05) is 13.8 Å². The zero-order valence-corrected chi connectivity index (χ0v) is 10.4. The minimum Gasteiger partial charge on any atom is -0.502 e. The third kappa shape index (κ3) is 2.08. The molecule has 0 spiro atoms. The van der Waals surface area contributed by atoms with E-state index in [-0.39, 0.29) is 5.56 Å². The lowest BCUT2D eigenvalue weighted by molar-refractivity contribution is -0.385. The van der Waals surface area contributed by atoms with Crippen LogP contribution in [0, 0.1) is 24.0 Å². The molecule has 0 aliphatic heterocycles. The van der Waals surface area contributed by atoms with Crippen LogP contribution >= 0.6 is 0 Å². The van der Waals surface area contributed by atoms with Crippen molar-refractivity contribution < 1.29 is 14.8 Å². The van der Waals surface area contributed by atoms with Crippen molar-refractivity contribution in [2.45, 2.75) is 13.8 Å². The molecule has 2 N–H and O–H groups in total. The van der Waals surface area contributed by atoms with Crippen molar-refractivity contribution in [2.75, 3.05) is 0 Å². The summed E-state index contributed by atoms with van der Waals surface area (Å²) in [4.78, 5) is 24.1. The van der Waals surface area contributed by atoms with Gasteiger partial charge in [-0.05, 0) is 31.0 Å². The van der Waals surface area contributed by atoms with Crippen LogP contribution in [0.1, 0.15) is 21.6 Å². The fraction of sp³-hybridized carbons (Fsp3) is 0.154. The number of carbonyl (C=O) groups is 1. The number of nitro benzene ring substituents is 1. The van der Waals surface area contributed by atoms with Crippen LogP contribution in [0.3, 0.4) is 0 Å². The first-order valence-corrected chi connectivity index (χ1v) is 5.57. The molecule has 0 radical (unpaired) electrons. The second-order valence-corrected chi connectivity index (χ2v) is 4.28. The normalized spacial score (nSPS) is 10.4. The van der Waals surface area contributed by atoms with Gasteiger partial charge in [-0.25, -0.2) is 0 Å². The number of nitrogens with zero attached hydrogens (tertiary/aromatic N) is 1. The number of phenolic OH excluding ortho intramolecular Hbond substituents is 1. The number of hydrogen-bond donors (Lipinski definition) is 2. The second-order valence-electron chi connectivity index (χ2n) is 4.28. The molecule has 2 aromatic rings. The van der Waals surface area contributed by atoms with Crippen LogP contribution in [-0.2, 0) is 0 Å². The summed E-state index contributed by atoms with van der Waals surface area (Å²) >= 11 is 0. The van der Waals surface area contributed by atoms with E-state index in [0.717, 1.165) is 16.8 Å². The maximum Gasteiger partial charge on any atom is 0.312 e. The van der Waals surface area contributed by atoms with E-state index in [1.165, 1.54) is 12.1 Å². The SMILES string of the molecule is Cc1c[nH]c(C)c1-c1cc(C=O)c(O)c([N+](=O)[O-])c1. The predicted molar refractivity (Wildman–Crippen MR) is 69.4 cm³/mol. The second kappa shape index (κ2) is 4.56. The maximum absolute atomic E-state index is 10.9. The monoisotopic (exact) mass is 260 g/mol. The zero-order chi connectivity index (χ0) is 14.2. The third-order valence-corrected chi connectivity index (χ3v) is 3.01. The van der Waals surface area contributed by atoms with E-state index < -0.39 is 16.4 Å². The highest BCUT2D eigenvalue weighted by Gasteiger charge is 2.21. The van der Waals surface area contributed by atoms with Crippen molar-refractivity contribution in [3.05, 3.63) is 45.3 Å². The Bertz CT molecular complexity index is 654. The number of H-pyrrole nitrogens is 1. The Morgan fingerprint density at radius 3 is 2.53 bits per heavy atom. The quantitative estimate of drug-likeness (QED) is 0.503. The average Bonchev–Trinajstić information content (AvgIpc) is 2.69. The van der Waals surface area contributed by atoms with Crippen LogP contribution in [0.4, 0.5) is 5.69 Å².